The third-order valence-electron chi connectivity index (χ3n) is 6.06. The number of aliphatic hydroxyl groups excluding tert-OH is 5. The minimum atomic E-state index is -1.64. The lowest BCUT2D eigenvalue weighted by Gasteiger charge is -2.43. The molecule has 2 aromatic rings. The molecule has 0 aromatic heterocycles. The minimum Gasteiger partial charge on any atom is -0.508 e. The lowest BCUT2D eigenvalue weighted by Crippen LogP contribution is -2.62. The summed E-state index contributed by atoms with van der Waals surface area (Å²) in [5, 5.41) is 70.5. The molecular weight excluding hydrogens is 476 g/mol. The molecule has 0 spiro atoms. The van der Waals surface area contributed by atoms with Crippen LogP contribution >= 0.6 is 0 Å². The minimum absolute atomic E-state index is 0.108. The van der Waals surface area contributed by atoms with Gasteiger partial charge in [0.25, 0.3) is 0 Å². The van der Waals surface area contributed by atoms with E-state index in [0.717, 1.165) is 5.56 Å². The number of rotatable bonds is 6. The van der Waals surface area contributed by atoms with Crippen molar-refractivity contribution >= 4 is 12.2 Å². The van der Waals surface area contributed by atoms with E-state index in [1.807, 2.05) is 0 Å². The van der Waals surface area contributed by atoms with Gasteiger partial charge in [-0.25, -0.2) is 0 Å². The van der Waals surface area contributed by atoms with Crippen LogP contribution in [0.5, 0.6) is 17.2 Å². The molecule has 9 atom stereocenters. The van der Waals surface area contributed by atoms with Gasteiger partial charge < -0.3 is 54.7 Å². The zero-order valence-corrected chi connectivity index (χ0v) is 19.4. The van der Waals surface area contributed by atoms with Crippen molar-refractivity contribution in [2.75, 3.05) is 6.61 Å². The van der Waals surface area contributed by atoms with Gasteiger partial charge in [0.2, 0.25) is 6.29 Å². The first kappa shape index (κ1) is 26.3. The highest BCUT2D eigenvalue weighted by Gasteiger charge is 2.48. The van der Waals surface area contributed by atoms with Crippen LogP contribution in [-0.4, -0.2) is 97.7 Å². The summed E-state index contributed by atoms with van der Waals surface area (Å²) in [4.78, 5) is 0. The SMILES string of the molecule is C[C@@H]1O[C@@H](O[C@@H]2[C@H](Oc3cc(O)cc(/C=C/c4ccc(O)cc4)c3)OC[C@H](O)[C@@H]2O)[C@H](O)[C@H](O)[C@H]1O. The Morgan fingerprint density at radius 1 is 0.778 bits per heavy atom. The van der Waals surface area contributed by atoms with E-state index in [-0.39, 0.29) is 23.9 Å². The molecule has 2 saturated heterocycles. The molecule has 11 nitrogen and oxygen atoms in total. The molecule has 11 heteroatoms. The first-order valence-corrected chi connectivity index (χ1v) is 11.4. The van der Waals surface area contributed by atoms with Crippen LogP contribution in [0.1, 0.15) is 18.1 Å². The predicted molar refractivity (Wildman–Crippen MR) is 125 cm³/mol. The van der Waals surface area contributed by atoms with Crippen LogP contribution in [0, 0.1) is 0 Å². The Kier molecular flexibility index (Phi) is 8.13. The van der Waals surface area contributed by atoms with E-state index in [9.17, 15) is 35.7 Å². The first-order chi connectivity index (χ1) is 17.1. The Balaban J connectivity index is 1.51. The monoisotopic (exact) mass is 506 g/mol. The summed E-state index contributed by atoms with van der Waals surface area (Å²) < 4.78 is 22.5. The van der Waals surface area contributed by atoms with Crippen molar-refractivity contribution in [1.29, 1.82) is 0 Å². The summed E-state index contributed by atoms with van der Waals surface area (Å²) in [6.07, 6.45) is -8.85. The van der Waals surface area contributed by atoms with Crippen molar-refractivity contribution in [2.24, 2.45) is 0 Å². The molecular formula is C25H30O11. The molecule has 4 rings (SSSR count). The second-order valence-corrected chi connectivity index (χ2v) is 8.84. The summed E-state index contributed by atoms with van der Waals surface area (Å²) in [6, 6.07) is 10.9. The summed E-state index contributed by atoms with van der Waals surface area (Å²) in [7, 11) is 0. The van der Waals surface area contributed by atoms with Crippen LogP contribution < -0.4 is 4.74 Å². The van der Waals surface area contributed by atoms with Gasteiger partial charge in [0, 0.05) is 6.07 Å². The molecule has 2 heterocycles. The van der Waals surface area contributed by atoms with Gasteiger partial charge in [-0.2, -0.15) is 0 Å². The number of aliphatic hydroxyl groups is 5. The van der Waals surface area contributed by atoms with Crippen LogP contribution in [0.15, 0.2) is 42.5 Å². The molecule has 2 aliphatic heterocycles. The van der Waals surface area contributed by atoms with Gasteiger partial charge in [0.1, 0.15) is 47.8 Å². The number of hydrogen-bond donors (Lipinski definition) is 7. The van der Waals surface area contributed by atoms with E-state index in [1.165, 1.54) is 19.1 Å². The first-order valence-electron chi connectivity index (χ1n) is 11.4. The number of benzene rings is 2. The summed E-state index contributed by atoms with van der Waals surface area (Å²) >= 11 is 0. The zero-order valence-electron chi connectivity index (χ0n) is 19.4. The Morgan fingerprint density at radius 2 is 1.47 bits per heavy atom. The summed E-state index contributed by atoms with van der Waals surface area (Å²) in [5.74, 6) is 0.197. The van der Waals surface area contributed by atoms with Crippen LogP contribution in [-0.2, 0) is 14.2 Å². The van der Waals surface area contributed by atoms with Gasteiger partial charge in [-0.05, 0) is 42.3 Å². The maximum Gasteiger partial charge on any atom is 0.229 e. The number of ether oxygens (including phenoxy) is 4. The summed E-state index contributed by atoms with van der Waals surface area (Å²) in [6.45, 7) is 1.21. The van der Waals surface area contributed by atoms with Gasteiger partial charge in [-0.15, -0.1) is 0 Å². The smallest absolute Gasteiger partial charge is 0.229 e. The third-order valence-corrected chi connectivity index (χ3v) is 6.06. The zero-order chi connectivity index (χ0) is 26.0. The van der Waals surface area contributed by atoms with Crippen molar-refractivity contribution in [3.8, 4) is 17.2 Å². The Hall–Kier alpha value is -2.74. The van der Waals surface area contributed by atoms with Gasteiger partial charge >= 0.3 is 0 Å². The Bertz CT molecular complexity index is 1040. The van der Waals surface area contributed by atoms with Crippen LogP contribution in [0.25, 0.3) is 12.2 Å². The van der Waals surface area contributed by atoms with Crippen molar-refractivity contribution < 1.29 is 54.7 Å². The second kappa shape index (κ2) is 11.1. The van der Waals surface area contributed by atoms with Crippen LogP contribution in [0.2, 0.25) is 0 Å². The normalized spacial score (nSPS) is 35.1. The fourth-order valence-corrected chi connectivity index (χ4v) is 3.98. The van der Waals surface area contributed by atoms with Crippen molar-refractivity contribution in [2.45, 2.75) is 62.2 Å². The summed E-state index contributed by atoms with van der Waals surface area (Å²) in [5.41, 5.74) is 1.39. The van der Waals surface area contributed by atoms with Crippen molar-refractivity contribution in [1.82, 2.24) is 0 Å². The molecule has 0 saturated carbocycles. The van der Waals surface area contributed by atoms with E-state index < -0.39 is 55.3 Å². The average Bonchev–Trinajstić information content (AvgIpc) is 2.84. The molecule has 0 unspecified atom stereocenters. The molecule has 0 aliphatic carbocycles. The standard InChI is InChI=1S/C25H30O11/c1-12-19(29)21(31)22(32)24(34-12)36-23-20(30)18(28)11-33-25(23)35-17-9-14(8-16(27)10-17)3-2-13-4-6-15(26)7-5-13/h2-10,12,18-32H,11H2,1H3/b3-2+/t12-,18-,19-,20-,21+,22+,23-,24-,25-/m0/s1. The fraction of sp³-hybridized carbons (Fsp3) is 0.440. The lowest BCUT2D eigenvalue weighted by atomic mass is 9.99. The van der Waals surface area contributed by atoms with Gasteiger partial charge in [-0.1, -0.05) is 24.3 Å². The van der Waals surface area contributed by atoms with E-state index in [1.54, 1.807) is 42.5 Å². The van der Waals surface area contributed by atoms with E-state index in [4.69, 9.17) is 18.9 Å². The highest BCUT2D eigenvalue weighted by molar-refractivity contribution is 5.71. The largest absolute Gasteiger partial charge is 0.508 e. The fourth-order valence-electron chi connectivity index (χ4n) is 3.98. The third kappa shape index (κ3) is 5.97. The van der Waals surface area contributed by atoms with E-state index >= 15 is 0 Å². The van der Waals surface area contributed by atoms with Gasteiger partial charge in [-0.3, -0.25) is 0 Å². The molecule has 0 amide bonds. The number of hydrogen-bond acceptors (Lipinski definition) is 11. The van der Waals surface area contributed by atoms with E-state index in [0.29, 0.717) is 5.56 Å². The average molecular weight is 507 g/mol. The van der Waals surface area contributed by atoms with Gasteiger partial charge in [0.15, 0.2) is 12.4 Å². The molecule has 36 heavy (non-hydrogen) atoms. The quantitative estimate of drug-likeness (QED) is 0.261. The Labute approximate surface area is 207 Å². The molecule has 2 aliphatic rings. The predicted octanol–water partition coefficient (Wildman–Crippen LogP) is -0.0622. The van der Waals surface area contributed by atoms with Crippen LogP contribution in [0.3, 0.4) is 0 Å². The van der Waals surface area contributed by atoms with Gasteiger partial charge in [0.05, 0.1) is 12.7 Å². The number of phenolic OH excluding ortho intramolecular Hbond substituents is 2. The van der Waals surface area contributed by atoms with Crippen molar-refractivity contribution in [3.63, 3.8) is 0 Å². The molecule has 7 N–H and O–H groups in total. The molecule has 0 radical (unpaired) electrons. The highest BCUT2D eigenvalue weighted by atomic mass is 16.7. The second-order valence-electron chi connectivity index (χ2n) is 8.84. The number of phenols is 2. The van der Waals surface area contributed by atoms with Crippen LogP contribution in [0.4, 0.5) is 0 Å². The molecule has 2 fully saturated rings. The Morgan fingerprint density at radius 3 is 2.19 bits per heavy atom. The lowest BCUT2D eigenvalue weighted by molar-refractivity contribution is -0.344. The maximum absolute atomic E-state index is 10.6. The van der Waals surface area contributed by atoms with Crippen molar-refractivity contribution in [3.05, 3.63) is 53.6 Å². The molecule has 0 bridgehead atoms. The van der Waals surface area contributed by atoms with E-state index in [2.05, 4.69) is 0 Å². The number of aromatic hydroxyl groups is 2. The maximum atomic E-state index is 10.6. The molecule has 2 aromatic carbocycles. The molecule has 196 valence electrons. The topological polar surface area (TPSA) is 179 Å². The highest BCUT2D eigenvalue weighted by Crippen LogP contribution is 2.30.